The average Bonchev–Trinajstić information content (AvgIpc) is 2.97. The number of fused-ring (bicyclic) bond motifs is 2. The first kappa shape index (κ1) is 16.5. The average molecular weight is 370 g/mol. The van der Waals surface area contributed by atoms with Crippen molar-refractivity contribution in [2.45, 2.75) is 22.5 Å². The SMILES string of the molecule is Cn1c(SCC(=O)NC2CCSc3ccccc32)nc2ccccc21. The van der Waals surface area contributed by atoms with Crippen molar-refractivity contribution in [3.63, 3.8) is 0 Å². The Morgan fingerprint density at radius 1 is 1.28 bits per heavy atom. The quantitative estimate of drug-likeness (QED) is 0.706. The van der Waals surface area contributed by atoms with E-state index in [1.54, 1.807) is 0 Å². The molecule has 0 fully saturated rings. The number of nitrogens with zero attached hydrogens (tertiary/aromatic N) is 2. The van der Waals surface area contributed by atoms with E-state index in [4.69, 9.17) is 0 Å². The van der Waals surface area contributed by atoms with Gasteiger partial charge in [-0.3, -0.25) is 4.79 Å². The lowest BCUT2D eigenvalue weighted by Crippen LogP contribution is -2.31. The smallest absolute Gasteiger partial charge is 0.230 e. The van der Waals surface area contributed by atoms with Crippen molar-refractivity contribution in [1.82, 2.24) is 14.9 Å². The van der Waals surface area contributed by atoms with Crippen molar-refractivity contribution in [2.75, 3.05) is 11.5 Å². The van der Waals surface area contributed by atoms with Crippen LogP contribution in [0, 0.1) is 0 Å². The van der Waals surface area contributed by atoms with Gasteiger partial charge in [-0.25, -0.2) is 4.98 Å². The maximum absolute atomic E-state index is 12.4. The molecule has 128 valence electrons. The fourth-order valence-electron chi connectivity index (χ4n) is 3.11. The van der Waals surface area contributed by atoms with Crippen LogP contribution in [0.3, 0.4) is 0 Å². The van der Waals surface area contributed by atoms with Gasteiger partial charge in [0, 0.05) is 17.7 Å². The minimum Gasteiger partial charge on any atom is -0.348 e. The lowest BCUT2D eigenvalue weighted by molar-refractivity contribution is -0.119. The van der Waals surface area contributed by atoms with E-state index in [9.17, 15) is 4.79 Å². The Morgan fingerprint density at radius 2 is 2.08 bits per heavy atom. The molecular weight excluding hydrogens is 350 g/mol. The van der Waals surface area contributed by atoms with Crippen LogP contribution in [-0.2, 0) is 11.8 Å². The first-order chi connectivity index (χ1) is 12.2. The number of nitrogens with one attached hydrogen (secondary N) is 1. The Bertz CT molecular complexity index is 922. The molecule has 1 amide bonds. The van der Waals surface area contributed by atoms with Crippen LogP contribution in [-0.4, -0.2) is 27.0 Å². The van der Waals surface area contributed by atoms with Gasteiger partial charge in [0.25, 0.3) is 0 Å². The number of rotatable bonds is 4. The van der Waals surface area contributed by atoms with Crippen LogP contribution < -0.4 is 5.32 Å². The minimum atomic E-state index is 0.0590. The Hall–Kier alpha value is -1.92. The number of carbonyl (C=O) groups is 1. The third-order valence-corrected chi connectivity index (χ3v) is 6.52. The predicted octanol–water partition coefficient (Wildman–Crippen LogP) is 4.02. The Balaban J connectivity index is 1.42. The molecule has 1 aromatic heterocycles. The van der Waals surface area contributed by atoms with Gasteiger partial charge < -0.3 is 9.88 Å². The van der Waals surface area contributed by atoms with E-state index >= 15 is 0 Å². The monoisotopic (exact) mass is 369 g/mol. The lowest BCUT2D eigenvalue weighted by atomic mass is 10.0. The minimum absolute atomic E-state index is 0.0590. The number of aryl methyl sites for hydroxylation is 1. The van der Waals surface area contributed by atoms with E-state index < -0.39 is 0 Å². The molecule has 0 saturated carbocycles. The summed E-state index contributed by atoms with van der Waals surface area (Å²) in [4.78, 5) is 18.3. The fourth-order valence-corrected chi connectivity index (χ4v) is 5.03. The Morgan fingerprint density at radius 3 is 2.96 bits per heavy atom. The summed E-state index contributed by atoms with van der Waals surface area (Å²) in [5.41, 5.74) is 3.29. The molecule has 25 heavy (non-hydrogen) atoms. The van der Waals surface area contributed by atoms with Gasteiger partial charge in [-0.15, -0.1) is 11.8 Å². The number of aromatic nitrogens is 2. The molecule has 2 aromatic carbocycles. The van der Waals surface area contributed by atoms with Crippen molar-refractivity contribution >= 4 is 40.5 Å². The molecule has 3 aromatic rings. The number of imidazole rings is 1. The van der Waals surface area contributed by atoms with Gasteiger partial charge in [-0.2, -0.15) is 0 Å². The zero-order chi connectivity index (χ0) is 17.2. The second kappa shape index (κ2) is 7.14. The van der Waals surface area contributed by atoms with Crippen molar-refractivity contribution < 1.29 is 4.79 Å². The van der Waals surface area contributed by atoms with E-state index in [2.05, 4.69) is 28.5 Å². The maximum atomic E-state index is 12.4. The molecule has 0 saturated heterocycles. The molecule has 0 aliphatic carbocycles. The molecule has 1 N–H and O–H groups in total. The highest BCUT2D eigenvalue weighted by molar-refractivity contribution is 7.99. The van der Waals surface area contributed by atoms with E-state index in [1.807, 2.05) is 53.7 Å². The van der Waals surface area contributed by atoms with Crippen molar-refractivity contribution in [1.29, 1.82) is 0 Å². The fraction of sp³-hybridized carbons (Fsp3) is 0.263. The summed E-state index contributed by atoms with van der Waals surface area (Å²) in [6.45, 7) is 0. The molecule has 1 aliphatic rings. The third kappa shape index (κ3) is 3.41. The summed E-state index contributed by atoms with van der Waals surface area (Å²) >= 11 is 3.35. The van der Waals surface area contributed by atoms with Crippen molar-refractivity contribution in [3.8, 4) is 0 Å². The first-order valence-electron chi connectivity index (χ1n) is 8.28. The second-order valence-electron chi connectivity index (χ2n) is 6.03. The van der Waals surface area contributed by atoms with Gasteiger partial charge in [0.05, 0.1) is 22.8 Å². The molecule has 1 unspecified atom stereocenters. The number of para-hydroxylation sites is 2. The standard InChI is InChI=1S/C19H19N3OS2/c1-22-16-8-4-3-7-15(16)21-19(22)25-12-18(23)20-14-10-11-24-17-9-5-2-6-13(14)17/h2-9,14H,10-12H2,1H3,(H,20,23). The topological polar surface area (TPSA) is 46.9 Å². The highest BCUT2D eigenvalue weighted by atomic mass is 32.2. The predicted molar refractivity (Wildman–Crippen MR) is 104 cm³/mol. The van der Waals surface area contributed by atoms with Crippen LogP contribution in [0.15, 0.2) is 58.6 Å². The van der Waals surface area contributed by atoms with Gasteiger partial charge >= 0.3 is 0 Å². The van der Waals surface area contributed by atoms with E-state index in [0.29, 0.717) is 5.75 Å². The van der Waals surface area contributed by atoms with Crippen LogP contribution >= 0.6 is 23.5 Å². The number of benzene rings is 2. The number of carbonyl (C=O) groups excluding carboxylic acids is 1. The third-order valence-electron chi connectivity index (χ3n) is 4.37. The Labute approximate surface area is 155 Å². The van der Waals surface area contributed by atoms with Gasteiger partial charge in [0.1, 0.15) is 0 Å². The normalized spacial score (nSPS) is 16.6. The lowest BCUT2D eigenvalue weighted by Gasteiger charge is -2.25. The summed E-state index contributed by atoms with van der Waals surface area (Å²) in [6, 6.07) is 16.5. The molecule has 1 atom stereocenters. The highest BCUT2D eigenvalue weighted by Gasteiger charge is 2.22. The van der Waals surface area contributed by atoms with Crippen LogP contribution in [0.2, 0.25) is 0 Å². The van der Waals surface area contributed by atoms with E-state index in [0.717, 1.165) is 28.4 Å². The van der Waals surface area contributed by atoms with Crippen LogP contribution in [0.1, 0.15) is 18.0 Å². The van der Waals surface area contributed by atoms with Gasteiger partial charge in [0.15, 0.2) is 5.16 Å². The molecule has 4 rings (SSSR count). The number of thioether (sulfide) groups is 2. The van der Waals surface area contributed by atoms with Crippen molar-refractivity contribution in [2.24, 2.45) is 7.05 Å². The Kier molecular flexibility index (Phi) is 4.72. The van der Waals surface area contributed by atoms with Crippen molar-refractivity contribution in [3.05, 3.63) is 54.1 Å². The largest absolute Gasteiger partial charge is 0.348 e. The van der Waals surface area contributed by atoms with E-state index in [1.165, 1.54) is 22.2 Å². The maximum Gasteiger partial charge on any atom is 0.230 e. The summed E-state index contributed by atoms with van der Waals surface area (Å²) in [7, 11) is 1.99. The van der Waals surface area contributed by atoms with Crippen LogP contribution in [0.25, 0.3) is 11.0 Å². The molecule has 4 nitrogen and oxygen atoms in total. The molecule has 1 aliphatic heterocycles. The molecule has 0 spiro atoms. The molecule has 2 heterocycles. The molecule has 0 radical (unpaired) electrons. The van der Waals surface area contributed by atoms with Gasteiger partial charge in [-0.05, 0) is 30.2 Å². The number of hydrogen-bond acceptors (Lipinski definition) is 4. The van der Waals surface area contributed by atoms with Crippen LogP contribution in [0.4, 0.5) is 0 Å². The number of amides is 1. The highest BCUT2D eigenvalue weighted by Crippen LogP contribution is 2.35. The van der Waals surface area contributed by atoms with E-state index in [-0.39, 0.29) is 11.9 Å². The van der Waals surface area contributed by atoms with Crippen LogP contribution in [0.5, 0.6) is 0 Å². The summed E-state index contributed by atoms with van der Waals surface area (Å²) in [6.07, 6.45) is 0.977. The summed E-state index contributed by atoms with van der Waals surface area (Å²) in [5, 5.41) is 4.06. The zero-order valence-electron chi connectivity index (χ0n) is 13.9. The number of hydrogen-bond donors (Lipinski definition) is 1. The summed E-state index contributed by atoms with van der Waals surface area (Å²) in [5.74, 6) is 1.48. The molecule has 6 heteroatoms. The van der Waals surface area contributed by atoms with Gasteiger partial charge in [-0.1, -0.05) is 42.1 Å². The first-order valence-corrected chi connectivity index (χ1v) is 10.2. The summed E-state index contributed by atoms with van der Waals surface area (Å²) < 4.78 is 2.04. The second-order valence-corrected chi connectivity index (χ2v) is 8.11. The molecule has 0 bridgehead atoms. The van der Waals surface area contributed by atoms with Gasteiger partial charge in [0.2, 0.25) is 5.91 Å². The zero-order valence-corrected chi connectivity index (χ0v) is 15.6. The molecular formula is C19H19N3OS2.